The maximum atomic E-state index is 11.6. The van der Waals surface area contributed by atoms with Gasteiger partial charge in [0.05, 0.1) is 21.6 Å². The molecule has 2 heterocycles. The third kappa shape index (κ3) is 3.67. The summed E-state index contributed by atoms with van der Waals surface area (Å²) in [4.78, 5) is 17.0. The van der Waals surface area contributed by atoms with E-state index in [2.05, 4.69) is 20.3 Å². The van der Waals surface area contributed by atoms with Crippen LogP contribution < -0.4 is 0 Å². The van der Waals surface area contributed by atoms with Gasteiger partial charge in [0.1, 0.15) is 12.7 Å². The maximum absolute atomic E-state index is 11.6. The minimum atomic E-state index is -0.387. The van der Waals surface area contributed by atoms with Gasteiger partial charge in [-0.25, -0.2) is 4.68 Å². The number of aromatic nitrogens is 4. The van der Waals surface area contributed by atoms with Gasteiger partial charge in [0.15, 0.2) is 0 Å². The van der Waals surface area contributed by atoms with E-state index in [-0.39, 0.29) is 10.6 Å². The average Bonchev–Trinajstić information content (AvgIpc) is 3.21. The van der Waals surface area contributed by atoms with E-state index in [9.17, 15) is 10.1 Å². The molecule has 132 valence electrons. The fourth-order valence-electron chi connectivity index (χ4n) is 2.51. The first-order chi connectivity index (χ1) is 13.2. The van der Waals surface area contributed by atoms with Gasteiger partial charge in [0, 0.05) is 28.1 Å². The highest BCUT2D eigenvalue weighted by atomic mass is 32.2. The Morgan fingerprint density at radius 3 is 2.74 bits per heavy atom. The van der Waals surface area contributed by atoms with Crippen molar-refractivity contribution in [3.05, 3.63) is 83.1 Å². The molecular formula is C18H12N6O2S. The Balaban J connectivity index is 1.69. The molecule has 0 aliphatic carbocycles. The summed E-state index contributed by atoms with van der Waals surface area (Å²) >= 11 is 1.35. The van der Waals surface area contributed by atoms with Gasteiger partial charge in [-0.3, -0.25) is 15.1 Å². The smallest absolute Gasteiger partial charge is 0.258 e. The summed E-state index contributed by atoms with van der Waals surface area (Å²) in [7, 11) is 0. The number of benzene rings is 2. The normalized spacial score (nSPS) is 11.3. The third-order valence-corrected chi connectivity index (χ3v) is 4.89. The molecule has 0 amide bonds. The number of nitro groups is 1. The molecule has 0 atom stereocenters. The second-order valence-electron chi connectivity index (χ2n) is 5.50. The molecule has 0 fully saturated rings. The number of rotatable bonds is 5. The molecule has 0 radical (unpaired) electrons. The standard InChI is InChI=1S/C18H12N6O2S/c25-24(26)16-9-13(10-22-23-11-20-21-12-23)6-7-18(16)27-17-5-1-4-15-14(17)3-2-8-19-15/h1-12H. The molecule has 0 unspecified atom stereocenters. The van der Waals surface area contributed by atoms with Gasteiger partial charge in [-0.05, 0) is 24.3 Å². The first kappa shape index (κ1) is 16.9. The molecule has 8 nitrogen and oxygen atoms in total. The molecule has 0 bridgehead atoms. The lowest BCUT2D eigenvalue weighted by Crippen LogP contribution is -1.94. The van der Waals surface area contributed by atoms with E-state index >= 15 is 0 Å². The van der Waals surface area contributed by atoms with Gasteiger partial charge < -0.3 is 0 Å². The van der Waals surface area contributed by atoms with Crippen molar-refractivity contribution in [1.82, 2.24) is 19.9 Å². The molecule has 0 N–H and O–H groups in total. The van der Waals surface area contributed by atoms with Crippen molar-refractivity contribution < 1.29 is 4.92 Å². The zero-order valence-corrected chi connectivity index (χ0v) is 14.7. The highest BCUT2D eigenvalue weighted by Crippen LogP contribution is 2.38. The van der Waals surface area contributed by atoms with Crippen molar-refractivity contribution in [3.8, 4) is 0 Å². The van der Waals surface area contributed by atoms with Gasteiger partial charge >= 0.3 is 0 Å². The zero-order chi connectivity index (χ0) is 18.6. The van der Waals surface area contributed by atoms with Crippen molar-refractivity contribution in [2.75, 3.05) is 0 Å². The van der Waals surface area contributed by atoms with Crippen molar-refractivity contribution in [3.63, 3.8) is 0 Å². The van der Waals surface area contributed by atoms with Crippen LogP contribution in [-0.2, 0) is 0 Å². The largest absolute Gasteiger partial charge is 0.283 e. The molecule has 0 saturated heterocycles. The number of nitro benzene ring substituents is 1. The molecule has 4 rings (SSSR count). The first-order valence-electron chi connectivity index (χ1n) is 7.90. The summed E-state index contributed by atoms with van der Waals surface area (Å²) in [5.41, 5.74) is 1.48. The second-order valence-corrected chi connectivity index (χ2v) is 6.58. The summed E-state index contributed by atoms with van der Waals surface area (Å²) < 4.78 is 1.41. The van der Waals surface area contributed by atoms with E-state index in [1.807, 2.05) is 30.3 Å². The Hall–Kier alpha value is -3.59. The number of fused-ring (bicyclic) bond motifs is 1. The van der Waals surface area contributed by atoms with Gasteiger partial charge in [0.25, 0.3) is 5.69 Å². The van der Waals surface area contributed by atoms with Crippen LogP contribution in [0.1, 0.15) is 5.56 Å². The van der Waals surface area contributed by atoms with Gasteiger partial charge in [-0.1, -0.05) is 30.0 Å². The van der Waals surface area contributed by atoms with E-state index in [0.29, 0.717) is 10.5 Å². The SMILES string of the molecule is O=[N+]([O-])c1cc(C=Nn2cnnc2)ccc1Sc1cccc2ncccc12. The second kappa shape index (κ2) is 7.34. The van der Waals surface area contributed by atoms with Crippen LogP contribution >= 0.6 is 11.8 Å². The van der Waals surface area contributed by atoms with Crippen molar-refractivity contribution >= 4 is 34.6 Å². The van der Waals surface area contributed by atoms with Crippen LogP contribution in [0, 0.1) is 10.1 Å². The summed E-state index contributed by atoms with van der Waals surface area (Å²) in [5.74, 6) is 0. The Kier molecular flexibility index (Phi) is 4.58. The first-order valence-corrected chi connectivity index (χ1v) is 8.71. The summed E-state index contributed by atoms with van der Waals surface area (Å²) in [5, 5.41) is 23.9. The molecule has 0 aliphatic rings. The van der Waals surface area contributed by atoms with Crippen LogP contribution in [0.25, 0.3) is 10.9 Å². The Morgan fingerprint density at radius 1 is 1.07 bits per heavy atom. The number of hydrogen-bond donors (Lipinski definition) is 0. The highest BCUT2D eigenvalue weighted by molar-refractivity contribution is 7.99. The van der Waals surface area contributed by atoms with E-state index in [1.54, 1.807) is 18.3 Å². The summed E-state index contributed by atoms with van der Waals surface area (Å²) in [6, 6.07) is 14.6. The lowest BCUT2D eigenvalue weighted by molar-refractivity contribution is -0.387. The molecule has 0 aliphatic heterocycles. The molecule has 2 aromatic carbocycles. The van der Waals surface area contributed by atoms with Crippen LogP contribution in [-0.4, -0.2) is 31.0 Å². The maximum Gasteiger partial charge on any atom is 0.283 e. The van der Waals surface area contributed by atoms with E-state index in [1.165, 1.54) is 41.4 Å². The van der Waals surface area contributed by atoms with Gasteiger partial charge in [-0.15, -0.1) is 10.2 Å². The highest BCUT2D eigenvalue weighted by Gasteiger charge is 2.16. The summed E-state index contributed by atoms with van der Waals surface area (Å²) in [6.45, 7) is 0. The molecule has 4 aromatic rings. The van der Waals surface area contributed by atoms with Gasteiger partial charge in [-0.2, -0.15) is 5.10 Å². The number of nitrogens with zero attached hydrogens (tertiary/aromatic N) is 6. The Morgan fingerprint density at radius 2 is 1.93 bits per heavy atom. The van der Waals surface area contributed by atoms with Gasteiger partial charge in [0.2, 0.25) is 0 Å². The van der Waals surface area contributed by atoms with Crippen molar-refractivity contribution in [2.24, 2.45) is 5.10 Å². The third-order valence-electron chi connectivity index (χ3n) is 3.75. The Bertz CT molecular complexity index is 1140. The molecule has 2 aromatic heterocycles. The van der Waals surface area contributed by atoms with Crippen LogP contribution in [0.2, 0.25) is 0 Å². The predicted molar refractivity (Wildman–Crippen MR) is 102 cm³/mol. The molecule has 0 spiro atoms. The van der Waals surface area contributed by atoms with Crippen LogP contribution in [0.3, 0.4) is 0 Å². The molecular weight excluding hydrogens is 364 g/mol. The lowest BCUT2D eigenvalue weighted by Gasteiger charge is -2.07. The Labute approximate surface area is 157 Å². The fourth-order valence-corrected chi connectivity index (χ4v) is 3.55. The fraction of sp³-hybridized carbons (Fsp3) is 0. The van der Waals surface area contributed by atoms with E-state index in [0.717, 1.165) is 15.8 Å². The lowest BCUT2D eigenvalue weighted by atomic mass is 10.2. The molecule has 0 saturated carbocycles. The van der Waals surface area contributed by atoms with E-state index in [4.69, 9.17) is 0 Å². The predicted octanol–water partition coefficient (Wildman–Crippen LogP) is 3.77. The van der Waals surface area contributed by atoms with Crippen molar-refractivity contribution in [2.45, 2.75) is 9.79 Å². The summed E-state index contributed by atoms with van der Waals surface area (Å²) in [6.07, 6.45) is 6.11. The molecule has 9 heteroatoms. The minimum absolute atomic E-state index is 0.0219. The van der Waals surface area contributed by atoms with Crippen molar-refractivity contribution in [1.29, 1.82) is 0 Å². The quantitative estimate of drug-likeness (QED) is 0.299. The minimum Gasteiger partial charge on any atom is -0.258 e. The topological polar surface area (TPSA) is 99.1 Å². The molecule has 27 heavy (non-hydrogen) atoms. The average molecular weight is 376 g/mol. The van der Waals surface area contributed by atoms with Crippen LogP contribution in [0.5, 0.6) is 0 Å². The zero-order valence-electron chi connectivity index (χ0n) is 13.8. The van der Waals surface area contributed by atoms with Crippen LogP contribution in [0.15, 0.2) is 82.3 Å². The van der Waals surface area contributed by atoms with Crippen LogP contribution in [0.4, 0.5) is 5.69 Å². The number of hydrogen-bond acceptors (Lipinski definition) is 7. The monoisotopic (exact) mass is 376 g/mol. The number of pyridine rings is 1. The van der Waals surface area contributed by atoms with E-state index < -0.39 is 0 Å².